The fourth-order valence-electron chi connectivity index (χ4n) is 3.70. The number of aromatic nitrogens is 2. The predicted octanol–water partition coefficient (Wildman–Crippen LogP) is 5.75. The van der Waals surface area contributed by atoms with Gasteiger partial charge in [-0.25, -0.2) is 4.68 Å². The van der Waals surface area contributed by atoms with Crippen LogP contribution < -0.4 is 4.74 Å². The summed E-state index contributed by atoms with van der Waals surface area (Å²) in [5, 5.41) is 15.6. The topological polar surface area (TPSA) is 59.8 Å². The zero-order chi connectivity index (χ0) is 24.7. The fraction of sp³-hybridized carbons (Fsp3) is 0.464. The minimum Gasteiger partial charge on any atom is -0.439 e. The van der Waals surface area contributed by atoms with Crippen LogP contribution in [0.3, 0.4) is 0 Å². The van der Waals surface area contributed by atoms with E-state index in [1.807, 2.05) is 93.0 Å². The number of aliphatic hydroxyl groups excluding tert-OH is 1. The van der Waals surface area contributed by atoms with Gasteiger partial charge in [0.2, 0.25) is 5.88 Å². The Morgan fingerprint density at radius 3 is 2.24 bits per heavy atom. The van der Waals surface area contributed by atoms with Crippen molar-refractivity contribution in [3.05, 3.63) is 71.9 Å². The van der Waals surface area contributed by atoms with Crippen LogP contribution in [0.15, 0.2) is 60.7 Å². The summed E-state index contributed by atoms with van der Waals surface area (Å²) in [4.78, 5) is 2.29. The molecule has 0 saturated heterocycles. The number of para-hydroxylation sites is 2. The maximum atomic E-state index is 10.7. The minimum atomic E-state index is -0.587. The molecule has 0 radical (unpaired) electrons. The van der Waals surface area contributed by atoms with Crippen molar-refractivity contribution >= 4 is 0 Å². The third-order valence-electron chi connectivity index (χ3n) is 5.83. The van der Waals surface area contributed by atoms with E-state index < -0.39 is 6.10 Å². The quantitative estimate of drug-likeness (QED) is 0.391. The fourth-order valence-corrected chi connectivity index (χ4v) is 3.70. The van der Waals surface area contributed by atoms with Crippen LogP contribution in [0.1, 0.15) is 52.3 Å². The lowest BCUT2D eigenvalue weighted by molar-refractivity contribution is -0.0593. The average molecular weight is 466 g/mol. The van der Waals surface area contributed by atoms with E-state index in [1.54, 1.807) is 0 Å². The van der Waals surface area contributed by atoms with Gasteiger partial charge >= 0.3 is 0 Å². The van der Waals surface area contributed by atoms with Crippen LogP contribution in [0.4, 0.5) is 0 Å². The third-order valence-corrected chi connectivity index (χ3v) is 5.83. The molecular weight excluding hydrogens is 426 g/mol. The van der Waals surface area contributed by atoms with Gasteiger partial charge in [-0.3, -0.25) is 4.90 Å². The molecule has 1 heterocycles. The molecule has 0 bridgehead atoms. The van der Waals surface area contributed by atoms with Crippen LogP contribution in [-0.4, -0.2) is 50.7 Å². The first kappa shape index (κ1) is 25.9. The zero-order valence-corrected chi connectivity index (χ0v) is 21.4. The summed E-state index contributed by atoms with van der Waals surface area (Å²) in [5.41, 5.74) is 2.57. The van der Waals surface area contributed by atoms with Gasteiger partial charge in [0.1, 0.15) is 5.75 Å². The Bertz CT molecular complexity index is 1010. The van der Waals surface area contributed by atoms with E-state index >= 15 is 0 Å². The maximum Gasteiger partial charge on any atom is 0.227 e. The molecule has 6 nitrogen and oxygen atoms in total. The molecule has 0 amide bonds. The summed E-state index contributed by atoms with van der Waals surface area (Å²) in [6, 6.07) is 20.1. The monoisotopic (exact) mass is 465 g/mol. The molecule has 0 unspecified atom stereocenters. The maximum absolute atomic E-state index is 10.7. The Kier molecular flexibility index (Phi) is 8.89. The Morgan fingerprint density at radius 2 is 1.65 bits per heavy atom. The van der Waals surface area contributed by atoms with Crippen molar-refractivity contribution in [3.63, 3.8) is 0 Å². The van der Waals surface area contributed by atoms with Crippen molar-refractivity contribution in [1.82, 2.24) is 14.7 Å². The van der Waals surface area contributed by atoms with E-state index in [-0.39, 0.29) is 11.6 Å². The zero-order valence-electron chi connectivity index (χ0n) is 21.4. The summed E-state index contributed by atoms with van der Waals surface area (Å²) in [6.07, 6.45) is 0.379. The van der Waals surface area contributed by atoms with Crippen molar-refractivity contribution in [2.24, 2.45) is 0 Å². The number of aliphatic hydroxyl groups is 1. The summed E-state index contributed by atoms with van der Waals surface area (Å²) in [6.45, 7) is 13.8. The highest BCUT2D eigenvalue weighted by atomic mass is 16.5. The lowest BCUT2D eigenvalue weighted by Crippen LogP contribution is -2.41. The van der Waals surface area contributed by atoms with E-state index in [1.165, 1.54) is 0 Å². The second-order valence-corrected chi connectivity index (χ2v) is 9.80. The summed E-state index contributed by atoms with van der Waals surface area (Å²) >= 11 is 0. The summed E-state index contributed by atoms with van der Waals surface area (Å²) in [5.74, 6) is 1.46. The predicted molar refractivity (Wildman–Crippen MR) is 137 cm³/mol. The van der Waals surface area contributed by atoms with Gasteiger partial charge in [0.05, 0.1) is 35.3 Å². The Morgan fingerprint density at radius 1 is 1.03 bits per heavy atom. The van der Waals surface area contributed by atoms with Gasteiger partial charge < -0.3 is 14.6 Å². The third kappa shape index (κ3) is 7.16. The molecule has 2 atom stereocenters. The van der Waals surface area contributed by atoms with Crippen molar-refractivity contribution in [2.45, 2.75) is 72.3 Å². The summed E-state index contributed by atoms with van der Waals surface area (Å²) < 4.78 is 14.1. The molecule has 2 aromatic carbocycles. The van der Waals surface area contributed by atoms with Crippen LogP contribution in [0.25, 0.3) is 5.69 Å². The standard InChI is InChI=1S/C28H39N3O3/c1-7-21(2)30(18-24(32)20-33-28(4,5)6)19-26-22(3)29-31(23-14-10-8-11-15-23)27(26)34-25-16-12-9-13-17-25/h8-17,21,24,32H,7,18-20H2,1-6H3/t21-,24-/m1/s1. The molecule has 34 heavy (non-hydrogen) atoms. The molecule has 0 aliphatic rings. The average Bonchev–Trinajstić information content (AvgIpc) is 3.12. The van der Waals surface area contributed by atoms with Crippen LogP contribution in [0, 0.1) is 6.92 Å². The molecule has 6 heteroatoms. The van der Waals surface area contributed by atoms with Gasteiger partial charge in [0.15, 0.2) is 0 Å². The molecular formula is C28H39N3O3. The van der Waals surface area contributed by atoms with Crippen LogP contribution in [0.2, 0.25) is 0 Å². The number of hydrogen-bond acceptors (Lipinski definition) is 5. The van der Waals surface area contributed by atoms with E-state index in [9.17, 15) is 5.11 Å². The van der Waals surface area contributed by atoms with E-state index in [0.717, 1.165) is 29.1 Å². The molecule has 0 spiro atoms. The Balaban J connectivity index is 1.93. The highest BCUT2D eigenvalue weighted by Gasteiger charge is 2.25. The molecule has 3 aromatic rings. The van der Waals surface area contributed by atoms with E-state index in [2.05, 4.69) is 18.7 Å². The molecule has 0 aliphatic carbocycles. The van der Waals surface area contributed by atoms with Crippen LogP contribution >= 0.6 is 0 Å². The number of nitrogens with zero attached hydrogens (tertiary/aromatic N) is 3. The molecule has 0 aliphatic heterocycles. The van der Waals surface area contributed by atoms with Gasteiger partial charge in [-0.2, -0.15) is 5.10 Å². The smallest absolute Gasteiger partial charge is 0.227 e. The molecule has 3 rings (SSSR count). The first-order chi connectivity index (χ1) is 16.2. The van der Waals surface area contributed by atoms with Crippen molar-refractivity contribution in [2.75, 3.05) is 13.2 Å². The van der Waals surface area contributed by atoms with Gasteiger partial charge in [-0.15, -0.1) is 0 Å². The highest BCUT2D eigenvalue weighted by molar-refractivity contribution is 5.43. The first-order valence-electron chi connectivity index (χ1n) is 12.1. The van der Waals surface area contributed by atoms with Crippen molar-refractivity contribution in [1.29, 1.82) is 0 Å². The Labute approximate surface area is 204 Å². The number of hydrogen-bond donors (Lipinski definition) is 1. The second-order valence-electron chi connectivity index (χ2n) is 9.80. The molecule has 1 N–H and O–H groups in total. The van der Waals surface area contributed by atoms with E-state index in [4.69, 9.17) is 14.6 Å². The van der Waals surface area contributed by atoms with E-state index in [0.29, 0.717) is 25.6 Å². The number of aryl methyl sites for hydroxylation is 1. The largest absolute Gasteiger partial charge is 0.439 e. The first-order valence-corrected chi connectivity index (χ1v) is 12.1. The number of rotatable bonds is 11. The van der Waals surface area contributed by atoms with Crippen molar-refractivity contribution in [3.8, 4) is 17.3 Å². The number of ether oxygens (including phenoxy) is 2. The summed E-state index contributed by atoms with van der Waals surface area (Å²) in [7, 11) is 0. The second kappa shape index (κ2) is 11.6. The van der Waals surface area contributed by atoms with Crippen LogP contribution in [-0.2, 0) is 11.3 Å². The van der Waals surface area contributed by atoms with Crippen molar-refractivity contribution < 1.29 is 14.6 Å². The normalized spacial score (nSPS) is 13.8. The van der Waals surface area contributed by atoms with Gasteiger partial charge in [0.25, 0.3) is 0 Å². The van der Waals surface area contributed by atoms with Crippen LogP contribution in [0.5, 0.6) is 11.6 Å². The minimum absolute atomic E-state index is 0.272. The number of benzene rings is 2. The molecule has 1 aromatic heterocycles. The lowest BCUT2D eigenvalue weighted by Gasteiger charge is -2.31. The lowest BCUT2D eigenvalue weighted by atomic mass is 10.1. The van der Waals surface area contributed by atoms with Gasteiger partial charge in [-0.05, 0) is 65.3 Å². The Hall–Kier alpha value is -2.67. The molecule has 184 valence electrons. The molecule has 0 saturated carbocycles. The van der Waals surface area contributed by atoms with Gasteiger partial charge in [0, 0.05) is 19.1 Å². The SMILES string of the molecule is CC[C@@H](C)N(Cc1c(C)nn(-c2ccccc2)c1Oc1ccccc1)C[C@@H](O)COC(C)(C)C. The highest BCUT2D eigenvalue weighted by Crippen LogP contribution is 2.32. The molecule has 0 fully saturated rings. The van der Waals surface area contributed by atoms with Gasteiger partial charge in [-0.1, -0.05) is 43.3 Å².